The summed E-state index contributed by atoms with van der Waals surface area (Å²) in [5.41, 5.74) is 1.12. The third kappa shape index (κ3) is 4.37. The predicted molar refractivity (Wildman–Crippen MR) is 104 cm³/mol. The molecule has 28 heavy (non-hydrogen) atoms. The monoisotopic (exact) mass is 403 g/mol. The van der Waals surface area contributed by atoms with Crippen molar-refractivity contribution in [2.75, 3.05) is 13.1 Å². The molecule has 4 rings (SSSR count). The van der Waals surface area contributed by atoms with E-state index in [1.165, 1.54) is 0 Å². The van der Waals surface area contributed by atoms with Gasteiger partial charge < -0.3 is 15.2 Å². The topological polar surface area (TPSA) is 111 Å². The molecule has 148 valence electrons. The number of nitrogens with zero attached hydrogens (tertiary/aromatic N) is 5. The number of benzene rings is 1. The van der Waals surface area contributed by atoms with E-state index in [9.17, 15) is 4.79 Å². The van der Waals surface area contributed by atoms with E-state index in [0.717, 1.165) is 31.5 Å². The minimum Gasteiger partial charge on any atom is -0.341 e. The maximum Gasteiger partial charge on any atom is 0.274 e. The number of carbonyl (C=O) groups is 1. The molecule has 9 nitrogen and oxygen atoms in total. The number of piperidine rings is 1. The normalized spacial score (nSPS) is 15.6. The van der Waals surface area contributed by atoms with Gasteiger partial charge >= 0.3 is 0 Å². The number of rotatable bonds is 5. The van der Waals surface area contributed by atoms with Crippen LogP contribution in [0.15, 0.2) is 41.1 Å². The lowest BCUT2D eigenvalue weighted by atomic mass is 10.1. The fraction of sp³-hybridized carbons (Fsp3) is 0.389. The van der Waals surface area contributed by atoms with E-state index in [2.05, 4.69) is 31.1 Å². The predicted octanol–water partition coefficient (Wildman–Crippen LogP) is 2.17. The van der Waals surface area contributed by atoms with Crippen molar-refractivity contribution in [1.82, 2.24) is 35.8 Å². The van der Waals surface area contributed by atoms with Gasteiger partial charge in [-0.25, -0.2) is 4.68 Å². The largest absolute Gasteiger partial charge is 0.341 e. The Morgan fingerprint density at radius 2 is 2.04 bits per heavy atom. The van der Waals surface area contributed by atoms with E-state index in [4.69, 9.17) is 4.52 Å². The van der Waals surface area contributed by atoms with Crippen LogP contribution in [0, 0.1) is 0 Å². The minimum absolute atomic E-state index is 0. The van der Waals surface area contributed by atoms with Crippen LogP contribution >= 0.6 is 12.4 Å². The van der Waals surface area contributed by atoms with Gasteiger partial charge in [-0.3, -0.25) is 4.79 Å². The molecular formula is C18H22ClN7O2. The molecule has 0 spiro atoms. The molecule has 1 unspecified atom stereocenters. The second-order valence-electron chi connectivity index (χ2n) is 6.58. The van der Waals surface area contributed by atoms with Crippen molar-refractivity contribution in [1.29, 1.82) is 0 Å². The molecule has 0 saturated carbocycles. The standard InChI is InChI=1S/C18H21N7O2.ClH/c1-12(16-21-18(27-23-16)13-5-3-2-4-6-13)20-17(26)15-11-25(24-22-15)14-7-9-19-10-8-14;/h2-6,11-12,14,19H,7-10H2,1H3,(H,20,26);1H. The quantitative estimate of drug-likeness (QED) is 0.671. The molecule has 0 bridgehead atoms. The SMILES string of the molecule is CC(NC(=O)c1cn(C2CCNCC2)nn1)c1noc(-c2ccccc2)n1.Cl. The summed E-state index contributed by atoms with van der Waals surface area (Å²) in [6, 6.07) is 9.36. The third-order valence-electron chi connectivity index (χ3n) is 4.62. The highest BCUT2D eigenvalue weighted by Gasteiger charge is 2.21. The highest BCUT2D eigenvalue weighted by atomic mass is 35.5. The van der Waals surface area contributed by atoms with Crippen molar-refractivity contribution in [3.63, 3.8) is 0 Å². The minimum atomic E-state index is -0.414. The van der Waals surface area contributed by atoms with Crippen LogP contribution in [-0.2, 0) is 0 Å². The molecule has 1 amide bonds. The first-order valence-corrected chi connectivity index (χ1v) is 9.03. The van der Waals surface area contributed by atoms with Gasteiger partial charge in [-0.05, 0) is 45.0 Å². The Morgan fingerprint density at radius 1 is 1.29 bits per heavy atom. The number of aromatic nitrogens is 5. The van der Waals surface area contributed by atoms with Gasteiger partial charge in [-0.2, -0.15) is 4.98 Å². The summed E-state index contributed by atoms with van der Waals surface area (Å²) in [6.07, 6.45) is 3.65. The van der Waals surface area contributed by atoms with E-state index in [1.807, 2.05) is 30.3 Å². The molecule has 0 radical (unpaired) electrons. The second-order valence-corrected chi connectivity index (χ2v) is 6.58. The van der Waals surface area contributed by atoms with Crippen LogP contribution in [0.25, 0.3) is 11.5 Å². The molecule has 2 N–H and O–H groups in total. The van der Waals surface area contributed by atoms with Crippen LogP contribution in [0.5, 0.6) is 0 Å². The lowest BCUT2D eigenvalue weighted by molar-refractivity contribution is 0.0932. The number of halogens is 1. The number of hydrogen-bond acceptors (Lipinski definition) is 7. The van der Waals surface area contributed by atoms with E-state index in [-0.39, 0.29) is 30.0 Å². The van der Waals surface area contributed by atoms with Crippen LogP contribution in [0.4, 0.5) is 0 Å². The Morgan fingerprint density at radius 3 is 2.79 bits per heavy atom. The van der Waals surface area contributed by atoms with Gasteiger partial charge in [0.2, 0.25) is 0 Å². The number of nitrogens with one attached hydrogen (secondary N) is 2. The average molecular weight is 404 g/mol. The summed E-state index contributed by atoms with van der Waals surface area (Å²) >= 11 is 0. The molecule has 10 heteroatoms. The highest BCUT2D eigenvalue weighted by molar-refractivity contribution is 5.92. The maximum atomic E-state index is 12.5. The molecule has 1 aliphatic heterocycles. The van der Waals surface area contributed by atoms with Crippen molar-refractivity contribution in [2.24, 2.45) is 0 Å². The summed E-state index contributed by atoms with van der Waals surface area (Å²) in [5, 5.41) is 18.2. The van der Waals surface area contributed by atoms with Crippen molar-refractivity contribution >= 4 is 18.3 Å². The van der Waals surface area contributed by atoms with Crippen LogP contribution in [0.1, 0.15) is 48.2 Å². The van der Waals surface area contributed by atoms with Crippen LogP contribution < -0.4 is 10.6 Å². The molecule has 1 atom stereocenters. The van der Waals surface area contributed by atoms with Gasteiger partial charge in [0.15, 0.2) is 11.5 Å². The van der Waals surface area contributed by atoms with Crippen molar-refractivity contribution in [3.05, 3.63) is 48.0 Å². The summed E-state index contributed by atoms with van der Waals surface area (Å²) in [7, 11) is 0. The number of carbonyl (C=O) groups excluding carboxylic acids is 1. The van der Waals surface area contributed by atoms with Crippen molar-refractivity contribution in [3.8, 4) is 11.5 Å². The molecule has 3 heterocycles. The van der Waals surface area contributed by atoms with Crippen molar-refractivity contribution < 1.29 is 9.32 Å². The molecule has 2 aromatic heterocycles. The molecule has 1 saturated heterocycles. The van der Waals surface area contributed by atoms with E-state index < -0.39 is 6.04 Å². The molecular weight excluding hydrogens is 382 g/mol. The first-order valence-electron chi connectivity index (χ1n) is 9.03. The Balaban J connectivity index is 0.00000225. The maximum absolute atomic E-state index is 12.5. The number of amides is 1. The lowest BCUT2D eigenvalue weighted by Gasteiger charge is -2.22. The van der Waals surface area contributed by atoms with Crippen LogP contribution in [-0.4, -0.2) is 44.1 Å². The molecule has 1 fully saturated rings. The Bertz CT molecular complexity index is 906. The van der Waals surface area contributed by atoms with Gasteiger partial charge in [0.25, 0.3) is 11.8 Å². The van der Waals surface area contributed by atoms with E-state index in [0.29, 0.717) is 11.7 Å². The fourth-order valence-corrected chi connectivity index (χ4v) is 3.07. The third-order valence-corrected chi connectivity index (χ3v) is 4.62. The Labute approximate surface area is 168 Å². The lowest BCUT2D eigenvalue weighted by Crippen LogP contribution is -2.29. The van der Waals surface area contributed by atoms with Crippen LogP contribution in [0.3, 0.4) is 0 Å². The fourth-order valence-electron chi connectivity index (χ4n) is 3.07. The van der Waals surface area contributed by atoms with Gasteiger partial charge in [0.05, 0.1) is 18.3 Å². The highest BCUT2D eigenvalue weighted by Crippen LogP contribution is 2.19. The van der Waals surface area contributed by atoms with E-state index in [1.54, 1.807) is 17.8 Å². The first kappa shape index (κ1) is 20.0. The van der Waals surface area contributed by atoms with E-state index >= 15 is 0 Å². The Kier molecular flexibility index (Phi) is 6.37. The smallest absolute Gasteiger partial charge is 0.274 e. The first-order chi connectivity index (χ1) is 13.2. The zero-order valence-electron chi connectivity index (χ0n) is 15.4. The van der Waals surface area contributed by atoms with Gasteiger partial charge in [-0.1, -0.05) is 28.6 Å². The zero-order chi connectivity index (χ0) is 18.6. The molecule has 0 aliphatic carbocycles. The van der Waals surface area contributed by atoms with Crippen LogP contribution in [0.2, 0.25) is 0 Å². The summed E-state index contributed by atoms with van der Waals surface area (Å²) < 4.78 is 7.07. The molecule has 3 aromatic rings. The molecule has 1 aromatic carbocycles. The summed E-state index contributed by atoms with van der Waals surface area (Å²) in [4.78, 5) is 16.8. The second kappa shape index (κ2) is 8.94. The summed E-state index contributed by atoms with van der Waals surface area (Å²) in [5.74, 6) is 0.519. The molecule has 1 aliphatic rings. The van der Waals surface area contributed by atoms with Gasteiger partial charge in [0, 0.05) is 5.56 Å². The van der Waals surface area contributed by atoms with Gasteiger partial charge in [0.1, 0.15) is 0 Å². The van der Waals surface area contributed by atoms with Gasteiger partial charge in [-0.15, -0.1) is 17.5 Å². The summed E-state index contributed by atoms with van der Waals surface area (Å²) in [6.45, 7) is 3.70. The average Bonchev–Trinajstić information content (AvgIpc) is 3.39. The number of hydrogen-bond donors (Lipinski definition) is 2. The Hall–Kier alpha value is -2.78. The zero-order valence-corrected chi connectivity index (χ0v) is 16.2. The van der Waals surface area contributed by atoms with Crippen molar-refractivity contribution in [2.45, 2.75) is 31.8 Å².